The van der Waals surface area contributed by atoms with Gasteiger partial charge in [-0.3, -0.25) is 13.9 Å². The highest BCUT2D eigenvalue weighted by Gasteiger charge is 2.24. The van der Waals surface area contributed by atoms with Crippen LogP contribution in [0.25, 0.3) is 0 Å². The van der Waals surface area contributed by atoms with Crippen LogP contribution in [-0.2, 0) is 30.3 Å². The lowest BCUT2D eigenvalue weighted by Crippen LogP contribution is -2.29. The van der Waals surface area contributed by atoms with Crippen molar-refractivity contribution in [1.29, 1.82) is 0 Å². The van der Waals surface area contributed by atoms with Gasteiger partial charge < -0.3 is 10.6 Å². The van der Waals surface area contributed by atoms with Gasteiger partial charge in [0.15, 0.2) is 9.84 Å². The number of rotatable bonds is 6. The maximum Gasteiger partial charge on any atom is 0.433 e. The van der Waals surface area contributed by atoms with Gasteiger partial charge in [-0.25, -0.2) is 18.0 Å². The standard InChI is InChI=1S/C9H18N2O4S.C9H18N2O3S/c1-9(2,3)7(6-16(5,13)14)11-15-8(12)10-4;1-9(2,3)7(6-15(5)13)11-14-8(12)10-4/h6H2,1-5H3,(H,10,12);6H2,1-5H3,(H,10,12)/b2*11-7-. The van der Waals surface area contributed by atoms with Gasteiger partial charge in [-0.05, 0) is 0 Å². The summed E-state index contributed by atoms with van der Waals surface area (Å²) >= 11 is 0. The number of nitrogens with one attached hydrogen (secondary N) is 2. The van der Waals surface area contributed by atoms with Crippen LogP contribution in [0.15, 0.2) is 10.3 Å². The Morgan fingerprint density at radius 2 is 1.23 bits per heavy atom. The van der Waals surface area contributed by atoms with Gasteiger partial charge in [0.2, 0.25) is 0 Å². The van der Waals surface area contributed by atoms with Crippen LogP contribution in [-0.4, -0.2) is 74.3 Å². The van der Waals surface area contributed by atoms with E-state index in [1.807, 2.05) is 20.8 Å². The van der Waals surface area contributed by atoms with Crippen LogP contribution in [0, 0.1) is 10.8 Å². The molecule has 13 heteroatoms. The number of hydrogen-bond acceptors (Lipinski definition) is 9. The predicted octanol–water partition coefficient (Wildman–Crippen LogP) is 1.91. The molecule has 11 nitrogen and oxygen atoms in total. The van der Waals surface area contributed by atoms with Gasteiger partial charge in [-0.15, -0.1) is 0 Å². The van der Waals surface area contributed by atoms with Gasteiger partial charge in [0, 0.05) is 48.2 Å². The van der Waals surface area contributed by atoms with Gasteiger partial charge in [-0.1, -0.05) is 51.9 Å². The van der Waals surface area contributed by atoms with Crippen molar-refractivity contribution in [2.45, 2.75) is 41.5 Å². The molecule has 0 rings (SSSR count). The molecule has 0 spiro atoms. The summed E-state index contributed by atoms with van der Waals surface area (Å²) in [6.45, 7) is 11.2. The summed E-state index contributed by atoms with van der Waals surface area (Å²) in [7, 11) is -1.36. The van der Waals surface area contributed by atoms with E-state index in [4.69, 9.17) is 0 Å². The van der Waals surface area contributed by atoms with Crippen LogP contribution in [0.1, 0.15) is 41.5 Å². The van der Waals surface area contributed by atoms with E-state index in [2.05, 4.69) is 30.6 Å². The molecule has 0 aliphatic carbocycles. The van der Waals surface area contributed by atoms with Gasteiger partial charge in [-0.2, -0.15) is 0 Å². The van der Waals surface area contributed by atoms with E-state index in [1.54, 1.807) is 27.0 Å². The number of carbonyl (C=O) groups is 2. The highest BCUT2D eigenvalue weighted by Crippen LogP contribution is 2.18. The van der Waals surface area contributed by atoms with Crippen molar-refractivity contribution in [3.63, 3.8) is 0 Å². The molecule has 2 amide bonds. The lowest BCUT2D eigenvalue weighted by molar-refractivity contribution is 0.151. The molecule has 0 saturated heterocycles. The average Bonchev–Trinajstić information content (AvgIpc) is 2.58. The van der Waals surface area contributed by atoms with Crippen molar-refractivity contribution in [3.8, 4) is 0 Å². The van der Waals surface area contributed by atoms with Crippen LogP contribution >= 0.6 is 0 Å². The number of hydrogen-bond donors (Lipinski definition) is 2. The number of sulfone groups is 1. The Bertz CT molecular complexity index is 793. The Labute approximate surface area is 187 Å². The van der Waals surface area contributed by atoms with Crippen LogP contribution < -0.4 is 10.6 Å². The molecule has 0 aromatic heterocycles. The highest BCUT2D eigenvalue weighted by molar-refractivity contribution is 7.91. The van der Waals surface area contributed by atoms with E-state index in [0.29, 0.717) is 17.2 Å². The Kier molecular flexibility index (Phi) is 13.5. The molecule has 0 saturated carbocycles. The maximum atomic E-state index is 11.2. The van der Waals surface area contributed by atoms with E-state index in [9.17, 15) is 22.2 Å². The molecule has 0 aromatic rings. The number of carbonyl (C=O) groups excluding carboxylic acids is 2. The van der Waals surface area contributed by atoms with Gasteiger partial charge >= 0.3 is 12.2 Å². The molecule has 31 heavy (non-hydrogen) atoms. The molecule has 1 atom stereocenters. The zero-order chi connectivity index (χ0) is 25.0. The summed E-state index contributed by atoms with van der Waals surface area (Å²) in [5.74, 6) is 0.0774. The van der Waals surface area contributed by atoms with Gasteiger partial charge in [0.25, 0.3) is 0 Å². The van der Waals surface area contributed by atoms with Crippen molar-refractivity contribution in [3.05, 3.63) is 0 Å². The summed E-state index contributed by atoms with van der Waals surface area (Å²) in [6.07, 6.45) is 1.34. The second kappa shape index (κ2) is 13.4. The van der Waals surface area contributed by atoms with Gasteiger partial charge in [0.1, 0.15) is 0 Å². The van der Waals surface area contributed by atoms with E-state index in [1.165, 1.54) is 14.1 Å². The fourth-order valence-corrected chi connectivity index (χ4v) is 3.34. The SMILES string of the molecule is CNC(=O)O/N=C(/CS(C)(=O)=O)C(C)(C)C.CNC(=O)O/N=C(/CS(C)=O)C(C)(C)C. The number of nitrogens with zero attached hydrogens (tertiary/aromatic N) is 2. The summed E-state index contributed by atoms with van der Waals surface area (Å²) in [5, 5.41) is 11.8. The third-order valence-corrected chi connectivity index (χ3v) is 4.83. The minimum atomic E-state index is -3.20. The summed E-state index contributed by atoms with van der Waals surface area (Å²) in [4.78, 5) is 30.7. The number of oxime groups is 2. The van der Waals surface area contributed by atoms with Crippen LogP contribution in [0.4, 0.5) is 9.59 Å². The Morgan fingerprint density at radius 1 is 0.871 bits per heavy atom. The van der Waals surface area contributed by atoms with Crippen LogP contribution in [0.5, 0.6) is 0 Å². The molecule has 0 aliphatic rings. The van der Waals surface area contributed by atoms with Gasteiger partial charge in [0.05, 0.1) is 22.9 Å². The quantitative estimate of drug-likeness (QED) is 0.332. The Hall–Kier alpha value is -2.02. The summed E-state index contributed by atoms with van der Waals surface area (Å²) < 4.78 is 33.4. The minimum Gasteiger partial charge on any atom is -0.323 e. The van der Waals surface area contributed by atoms with Crippen molar-refractivity contribution in [2.24, 2.45) is 21.1 Å². The third-order valence-electron chi connectivity index (χ3n) is 3.36. The lowest BCUT2D eigenvalue weighted by atomic mass is 9.91. The molecule has 1 unspecified atom stereocenters. The molecule has 0 heterocycles. The monoisotopic (exact) mass is 484 g/mol. The average molecular weight is 485 g/mol. The second-order valence-electron chi connectivity index (χ2n) is 8.62. The highest BCUT2D eigenvalue weighted by atomic mass is 32.2. The molecule has 0 fully saturated rings. The first kappa shape index (κ1) is 31.2. The largest absolute Gasteiger partial charge is 0.433 e. The first-order valence-corrected chi connectivity index (χ1v) is 13.0. The zero-order valence-electron chi connectivity index (χ0n) is 20.0. The first-order valence-electron chi connectivity index (χ1n) is 9.23. The van der Waals surface area contributed by atoms with Crippen LogP contribution in [0.3, 0.4) is 0 Å². The summed E-state index contributed by atoms with van der Waals surface area (Å²) in [5.41, 5.74) is 0.169. The van der Waals surface area contributed by atoms with E-state index in [0.717, 1.165) is 6.26 Å². The van der Waals surface area contributed by atoms with E-state index < -0.39 is 38.2 Å². The Morgan fingerprint density at radius 3 is 1.48 bits per heavy atom. The zero-order valence-corrected chi connectivity index (χ0v) is 21.6. The second-order valence-corrected chi connectivity index (χ2v) is 12.2. The third kappa shape index (κ3) is 17.4. The van der Waals surface area contributed by atoms with E-state index >= 15 is 0 Å². The molecule has 2 N–H and O–H groups in total. The topological polar surface area (TPSA) is 153 Å². The fraction of sp³-hybridized carbons (Fsp3) is 0.778. The fourth-order valence-electron chi connectivity index (χ4n) is 1.48. The van der Waals surface area contributed by atoms with Crippen molar-refractivity contribution < 1.29 is 31.9 Å². The lowest BCUT2D eigenvalue weighted by Gasteiger charge is -2.19. The first-order chi connectivity index (χ1) is 13.8. The molecule has 0 bridgehead atoms. The predicted molar refractivity (Wildman–Crippen MR) is 124 cm³/mol. The summed E-state index contributed by atoms with van der Waals surface area (Å²) in [6, 6.07) is 0. The van der Waals surface area contributed by atoms with Crippen molar-refractivity contribution in [2.75, 3.05) is 38.1 Å². The molecule has 0 aromatic carbocycles. The molecular formula is C18H36N4O7S2. The molecule has 0 radical (unpaired) electrons. The number of amides is 2. The smallest absolute Gasteiger partial charge is 0.323 e. The molecular weight excluding hydrogens is 448 g/mol. The Balaban J connectivity index is 0. The maximum absolute atomic E-state index is 11.2. The van der Waals surface area contributed by atoms with E-state index in [-0.39, 0.29) is 11.2 Å². The normalized spacial score (nSPS) is 14.0. The van der Waals surface area contributed by atoms with Crippen LogP contribution in [0.2, 0.25) is 0 Å². The minimum absolute atomic E-state index is 0.229. The molecule has 182 valence electrons. The van der Waals surface area contributed by atoms with Crippen molar-refractivity contribution >= 4 is 44.2 Å². The molecule has 0 aliphatic heterocycles. The van der Waals surface area contributed by atoms with Crippen molar-refractivity contribution in [1.82, 2.24) is 10.6 Å².